The summed E-state index contributed by atoms with van der Waals surface area (Å²) in [7, 11) is -3.87. The molecule has 0 saturated heterocycles. The lowest BCUT2D eigenvalue weighted by Crippen LogP contribution is -2.49. The third kappa shape index (κ3) is 6.73. The van der Waals surface area contributed by atoms with Crippen LogP contribution in [0.3, 0.4) is 0 Å². The van der Waals surface area contributed by atoms with E-state index in [-0.39, 0.29) is 22.8 Å². The van der Waals surface area contributed by atoms with Gasteiger partial charge in [-0.05, 0) is 111 Å². The number of aryl methyl sites for hydroxylation is 1. The van der Waals surface area contributed by atoms with Crippen LogP contribution in [0.25, 0.3) is 0 Å². The van der Waals surface area contributed by atoms with E-state index in [9.17, 15) is 18.3 Å². The number of anilines is 1. The molecule has 5 rings (SSSR count). The Morgan fingerprint density at radius 2 is 2.05 bits per heavy atom. The molecule has 2 aromatic rings. The van der Waals surface area contributed by atoms with Gasteiger partial charge in [0.05, 0.1) is 23.6 Å². The van der Waals surface area contributed by atoms with Gasteiger partial charge in [0.2, 0.25) is 10.0 Å². The number of aliphatic hydroxyl groups is 1. The predicted molar refractivity (Wildman–Crippen MR) is 177 cm³/mol. The van der Waals surface area contributed by atoms with E-state index in [2.05, 4.69) is 34.9 Å². The molecular formula is C35H45ClN2O5S. The highest BCUT2D eigenvalue weighted by atomic mass is 35.5. The van der Waals surface area contributed by atoms with Crippen LogP contribution in [0, 0.1) is 11.8 Å². The maximum absolute atomic E-state index is 13.4. The van der Waals surface area contributed by atoms with Crippen molar-refractivity contribution in [2.24, 2.45) is 11.8 Å². The van der Waals surface area contributed by atoms with Crippen molar-refractivity contribution in [3.63, 3.8) is 0 Å². The second kappa shape index (κ2) is 13.7. The van der Waals surface area contributed by atoms with Crippen LogP contribution < -0.4 is 14.4 Å². The minimum absolute atomic E-state index is 0.173. The number of amides is 1. The number of allylic oxidation sites excluding steroid dienone is 1. The number of ether oxygens (including phenoxy) is 1. The summed E-state index contributed by atoms with van der Waals surface area (Å²) in [4.78, 5) is 15.7. The topological polar surface area (TPSA) is 95.9 Å². The van der Waals surface area contributed by atoms with E-state index in [1.54, 1.807) is 30.4 Å². The molecule has 9 heteroatoms. The van der Waals surface area contributed by atoms with Crippen molar-refractivity contribution in [3.05, 3.63) is 83.4 Å². The number of hydrogen-bond donors (Lipinski definition) is 2. The number of benzene rings is 2. The molecule has 7 nitrogen and oxygen atoms in total. The van der Waals surface area contributed by atoms with Crippen LogP contribution in [0.1, 0.15) is 79.8 Å². The first kappa shape index (κ1) is 32.6. The number of carbonyl (C=O) groups is 1. The van der Waals surface area contributed by atoms with Crippen LogP contribution in [0.4, 0.5) is 5.69 Å². The van der Waals surface area contributed by atoms with Gasteiger partial charge in [0.1, 0.15) is 5.75 Å². The molecule has 1 saturated carbocycles. The van der Waals surface area contributed by atoms with Gasteiger partial charge in [-0.25, -0.2) is 13.1 Å². The van der Waals surface area contributed by atoms with Crippen LogP contribution in [0.5, 0.6) is 5.75 Å². The van der Waals surface area contributed by atoms with E-state index < -0.39 is 27.3 Å². The molecule has 1 aliphatic heterocycles. The van der Waals surface area contributed by atoms with Gasteiger partial charge in [0, 0.05) is 29.1 Å². The molecule has 238 valence electrons. The third-order valence-electron chi connectivity index (χ3n) is 9.95. The Bertz CT molecular complexity index is 1490. The molecule has 1 fully saturated rings. The van der Waals surface area contributed by atoms with E-state index in [4.69, 9.17) is 16.3 Å². The first-order valence-corrected chi connectivity index (χ1v) is 17.8. The van der Waals surface area contributed by atoms with Crippen molar-refractivity contribution in [3.8, 4) is 5.75 Å². The van der Waals surface area contributed by atoms with Crippen molar-refractivity contribution in [2.45, 2.75) is 81.5 Å². The fourth-order valence-corrected chi connectivity index (χ4v) is 8.99. The zero-order valence-electron chi connectivity index (χ0n) is 25.6. The number of carbonyl (C=O) groups excluding carboxylic acids is 1. The maximum Gasteiger partial charge on any atom is 0.264 e. The van der Waals surface area contributed by atoms with Gasteiger partial charge in [0.15, 0.2) is 0 Å². The first-order valence-electron chi connectivity index (χ1n) is 15.9. The molecule has 2 N–H and O–H groups in total. The Hall–Kier alpha value is -2.81. The molecule has 44 heavy (non-hydrogen) atoms. The Balaban J connectivity index is 1.48. The standard InChI is InChI=1S/C35H45ClN2O5S/c1-4-7-11-28(6-3)44(41,42)37-34(40)25-13-17-33-31(20-25)38(21-26-12-15-29(26)32(39)9-5-2)22-35(23-43-33)18-8-10-24-19-27(36)14-16-30(24)35/h4-5,13-14,16-17,19-20,26,28-29,32,39H,1-2,6-12,15,18,21-23H2,3H3,(H,37,40)/t26-,28?,29+,32?,35-/m0/s1. The molecule has 1 heterocycles. The van der Waals surface area contributed by atoms with Gasteiger partial charge in [-0.15, -0.1) is 13.2 Å². The summed E-state index contributed by atoms with van der Waals surface area (Å²) >= 11 is 6.39. The molecule has 2 aliphatic carbocycles. The van der Waals surface area contributed by atoms with Gasteiger partial charge >= 0.3 is 0 Å². The third-order valence-corrected chi connectivity index (χ3v) is 12.1. The number of sulfonamides is 1. The van der Waals surface area contributed by atoms with Crippen molar-refractivity contribution < 1.29 is 23.1 Å². The molecule has 0 bridgehead atoms. The number of halogens is 1. The highest BCUT2D eigenvalue weighted by molar-refractivity contribution is 7.90. The fraction of sp³-hybridized carbons (Fsp3) is 0.514. The molecule has 0 radical (unpaired) electrons. The second-order valence-corrected chi connectivity index (χ2v) is 15.1. The van der Waals surface area contributed by atoms with E-state index >= 15 is 0 Å². The maximum atomic E-state index is 13.4. The molecular weight excluding hydrogens is 596 g/mol. The Morgan fingerprint density at radius 3 is 2.75 bits per heavy atom. The molecule has 1 amide bonds. The minimum atomic E-state index is -3.87. The number of nitrogens with zero attached hydrogens (tertiary/aromatic N) is 1. The average Bonchev–Trinajstić information content (AvgIpc) is 3.12. The summed E-state index contributed by atoms with van der Waals surface area (Å²) in [6.45, 7) is 11.2. The lowest BCUT2D eigenvalue weighted by Gasteiger charge is -2.45. The zero-order valence-corrected chi connectivity index (χ0v) is 27.2. The number of hydrogen-bond acceptors (Lipinski definition) is 6. The normalized spacial score (nSPS) is 24.1. The lowest BCUT2D eigenvalue weighted by atomic mass is 9.68. The van der Waals surface area contributed by atoms with Crippen LogP contribution >= 0.6 is 11.6 Å². The van der Waals surface area contributed by atoms with Gasteiger partial charge in [-0.1, -0.05) is 36.7 Å². The van der Waals surface area contributed by atoms with Crippen LogP contribution in [-0.2, 0) is 21.9 Å². The summed E-state index contributed by atoms with van der Waals surface area (Å²) in [5.74, 6) is 0.466. The quantitative estimate of drug-likeness (QED) is 0.255. The molecule has 2 unspecified atom stereocenters. The molecule has 2 aromatic carbocycles. The van der Waals surface area contributed by atoms with E-state index in [1.165, 1.54) is 11.1 Å². The largest absolute Gasteiger partial charge is 0.490 e. The number of fused-ring (bicyclic) bond motifs is 3. The second-order valence-electron chi connectivity index (χ2n) is 12.8. The SMILES string of the molecule is C=CCCC(CC)S(=O)(=O)NC(=O)c1ccc2c(c1)N(C[C@@H]1CC[C@H]1C(O)CC=C)C[C@@]1(CCCc3cc(Cl)ccc31)CO2. The van der Waals surface area contributed by atoms with Crippen LogP contribution in [0.15, 0.2) is 61.7 Å². The van der Waals surface area contributed by atoms with Crippen molar-refractivity contribution in [2.75, 3.05) is 24.6 Å². The van der Waals surface area contributed by atoms with Crippen molar-refractivity contribution in [1.29, 1.82) is 0 Å². The zero-order chi connectivity index (χ0) is 31.5. The van der Waals surface area contributed by atoms with Gasteiger partial charge in [-0.3, -0.25) is 4.79 Å². The van der Waals surface area contributed by atoms with Crippen LogP contribution in [-0.4, -0.2) is 50.5 Å². The lowest BCUT2D eigenvalue weighted by molar-refractivity contribution is 0.0178. The summed E-state index contributed by atoms with van der Waals surface area (Å²) in [5.41, 5.74) is 3.26. The summed E-state index contributed by atoms with van der Waals surface area (Å²) in [6.07, 6.45) is 9.85. The van der Waals surface area contributed by atoms with E-state index in [0.717, 1.165) is 42.8 Å². The van der Waals surface area contributed by atoms with Gasteiger partial charge in [0.25, 0.3) is 5.91 Å². The van der Waals surface area contributed by atoms with E-state index in [1.807, 2.05) is 13.0 Å². The van der Waals surface area contributed by atoms with Crippen molar-refractivity contribution in [1.82, 2.24) is 4.72 Å². The smallest absolute Gasteiger partial charge is 0.264 e. The summed E-state index contributed by atoms with van der Waals surface area (Å²) < 4.78 is 35.1. The number of nitrogens with one attached hydrogen (secondary N) is 1. The molecule has 5 atom stereocenters. The average molecular weight is 641 g/mol. The monoisotopic (exact) mass is 640 g/mol. The highest BCUT2D eigenvalue weighted by Gasteiger charge is 2.44. The molecule has 1 spiro atoms. The molecule has 3 aliphatic rings. The van der Waals surface area contributed by atoms with Gasteiger partial charge in [-0.2, -0.15) is 0 Å². The van der Waals surface area contributed by atoms with E-state index in [0.29, 0.717) is 51.1 Å². The highest BCUT2D eigenvalue weighted by Crippen LogP contribution is 2.46. The van der Waals surface area contributed by atoms with Crippen molar-refractivity contribution >= 4 is 33.2 Å². The Labute approximate surface area is 267 Å². The first-order chi connectivity index (χ1) is 21.1. The minimum Gasteiger partial charge on any atom is -0.490 e. The Morgan fingerprint density at radius 1 is 1.23 bits per heavy atom. The fourth-order valence-electron chi connectivity index (χ4n) is 7.37. The Kier molecular flexibility index (Phi) is 10.1. The predicted octanol–water partition coefficient (Wildman–Crippen LogP) is 6.58. The summed E-state index contributed by atoms with van der Waals surface area (Å²) in [5, 5.41) is 10.9. The summed E-state index contributed by atoms with van der Waals surface area (Å²) in [6, 6.07) is 11.3. The van der Waals surface area contributed by atoms with Crippen LogP contribution in [0.2, 0.25) is 5.02 Å². The number of rotatable bonds is 12. The van der Waals surface area contributed by atoms with Gasteiger partial charge < -0.3 is 14.7 Å². The molecule has 0 aromatic heterocycles. The number of aliphatic hydroxyl groups excluding tert-OH is 1.